The van der Waals surface area contributed by atoms with Crippen molar-refractivity contribution >= 4 is 12.0 Å². The number of aromatic nitrogens is 2. The van der Waals surface area contributed by atoms with Crippen molar-refractivity contribution < 1.29 is 14.7 Å². The largest absolute Gasteiger partial charge is 0.476 e. The molecule has 1 aliphatic carbocycles. The van der Waals surface area contributed by atoms with Crippen LogP contribution in [-0.4, -0.2) is 39.2 Å². The molecule has 0 aromatic carbocycles. The summed E-state index contributed by atoms with van der Waals surface area (Å²) in [6, 6.07) is 0.148. The first-order valence-electron chi connectivity index (χ1n) is 5.94. The summed E-state index contributed by atoms with van der Waals surface area (Å²) in [5.74, 6) is -1.05. The Labute approximate surface area is 104 Å². The molecule has 18 heavy (non-hydrogen) atoms. The highest BCUT2D eigenvalue weighted by Crippen LogP contribution is 2.17. The van der Waals surface area contributed by atoms with E-state index in [4.69, 9.17) is 5.11 Å². The first-order valence-corrected chi connectivity index (χ1v) is 5.94. The van der Waals surface area contributed by atoms with Crippen LogP contribution in [0.4, 0.5) is 4.79 Å². The number of carbonyl (C=O) groups is 2. The van der Waals surface area contributed by atoms with E-state index in [9.17, 15) is 9.59 Å². The number of urea groups is 1. The fourth-order valence-corrected chi connectivity index (χ4v) is 1.68. The molecule has 0 aliphatic heterocycles. The van der Waals surface area contributed by atoms with Crippen LogP contribution >= 0.6 is 0 Å². The minimum atomic E-state index is -1.05. The Balaban J connectivity index is 1.67. The minimum Gasteiger partial charge on any atom is -0.476 e. The van der Waals surface area contributed by atoms with Gasteiger partial charge in [-0.05, 0) is 19.3 Å². The zero-order valence-corrected chi connectivity index (χ0v) is 9.93. The lowest BCUT2D eigenvalue weighted by molar-refractivity contribution is 0.0691. The van der Waals surface area contributed by atoms with Crippen molar-refractivity contribution in [1.29, 1.82) is 0 Å². The number of rotatable bonds is 5. The Morgan fingerprint density at radius 2 is 2.28 bits per heavy atom. The van der Waals surface area contributed by atoms with Crippen LogP contribution in [0.3, 0.4) is 0 Å². The molecule has 0 spiro atoms. The molecule has 0 atom stereocenters. The van der Waals surface area contributed by atoms with E-state index in [0.717, 1.165) is 12.8 Å². The van der Waals surface area contributed by atoms with Gasteiger partial charge in [0, 0.05) is 25.3 Å². The molecule has 1 aromatic rings. The van der Waals surface area contributed by atoms with Gasteiger partial charge in [-0.1, -0.05) is 0 Å². The van der Waals surface area contributed by atoms with Gasteiger partial charge < -0.3 is 20.3 Å². The van der Waals surface area contributed by atoms with Crippen LogP contribution in [0.5, 0.6) is 0 Å². The average Bonchev–Trinajstić information content (AvgIpc) is 2.72. The Morgan fingerprint density at radius 3 is 2.83 bits per heavy atom. The Morgan fingerprint density at radius 1 is 1.50 bits per heavy atom. The van der Waals surface area contributed by atoms with Crippen molar-refractivity contribution in [3.05, 3.63) is 18.2 Å². The third-order valence-electron chi connectivity index (χ3n) is 2.95. The Bertz CT molecular complexity index is 439. The molecular formula is C11H16N4O3. The van der Waals surface area contributed by atoms with Gasteiger partial charge in [0.05, 0.1) is 6.33 Å². The second-order valence-corrected chi connectivity index (χ2v) is 4.33. The quantitative estimate of drug-likeness (QED) is 0.708. The SMILES string of the molecule is O=C(NCCn1cnc(C(=O)O)c1)NC1CCC1. The lowest BCUT2D eigenvalue weighted by Crippen LogP contribution is -2.45. The van der Waals surface area contributed by atoms with Gasteiger partial charge in [-0.15, -0.1) is 0 Å². The second-order valence-electron chi connectivity index (χ2n) is 4.33. The highest BCUT2D eigenvalue weighted by molar-refractivity contribution is 5.84. The zero-order chi connectivity index (χ0) is 13.0. The first kappa shape index (κ1) is 12.4. The fraction of sp³-hybridized carbons (Fsp3) is 0.545. The summed E-state index contributed by atoms with van der Waals surface area (Å²) in [6.07, 6.45) is 6.16. The van der Waals surface area contributed by atoms with Crippen molar-refractivity contribution in [2.75, 3.05) is 6.54 Å². The summed E-state index contributed by atoms with van der Waals surface area (Å²) < 4.78 is 1.63. The Hall–Kier alpha value is -2.05. The summed E-state index contributed by atoms with van der Waals surface area (Å²) in [7, 11) is 0. The maximum Gasteiger partial charge on any atom is 0.356 e. The summed E-state index contributed by atoms with van der Waals surface area (Å²) >= 11 is 0. The molecule has 0 saturated heterocycles. The van der Waals surface area contributed by atoms with Crippen molar-refractivity contribution in [3.63, 3.8) is 0 Å². The monoisotopic (exact) mass is 252 g/mol. The predicted octanol–water partition coefficient (Wildman–Crippen LogP) is 0.433. The number of carboxylic acid groups (broad SMARTS) is 1. The van der Waals surface area contributed by atoms with Gasteiger partial charge in [0.25, 0.3) is 0 Å². The molecule has 98 valence electrons. The van der Waals surface area contributed by atoms with Crippen molar-refractivity contribution in [1.82, 2.24) is 20.2 Å². The van der Waals surface area contributed by atoms with Crippen LogP contribution in [0.2, 0.25) is 0 Å². The van der Waals surface area contributed by atoms with Gasteiger partial charge in [0.2, 0.25) is 0 Å². The molecule has 0 unspecified atom stereocenters. The number of hydrogen-bond donors (Lipinski definition) is 3. The van der Waals surface area contributed by atoms with E-state index in [2.05, 4.69) is 15.6 Å². The standard InChI is InChI=1S/C11H16N4O3/c16-10(17)9-6-15(7-13-9)5-4-12-11(18)14-8-2-1-3-8/h6-8H,1-5H2,(H,16,17)(H2,12,14,18). The molecule has 2 amide bonds. The van der Waals surface area contributed by atoms with Crippen LogP contribution in [0.1, 0.15) is 29.8 Å². The molecule has 1 aliphatic rings. The van der Waals surface area contributed by atoms with Gasteiger partial charge in [-0.3, -0.25) is 0 Å². The number of aromatic carboxylic acids is 1. The van der Waals surface area contributed by atoms with E-state index in [-0.39, 0.29) is 11.7 Å². The van der Waals surface area contributed by atoms with E-state index in [1.807, 2.05) is 0 Å². The predicted molar refractivity (Wildman–Crippen MR) is 63.4 cm³/mol. The maximum atomic E-state index is 11.4. The third-order valence-corrected chi connectivity index (χ3v) is 2.95. The van der Waals surface area contributed by atoms with Crippen molar-refractivity contribution in [3.8, 4) is 0 Å². The summed E-state index contributed by atoms with van der Waals surface area (Å²) in [6.45, 7) is 0.937. The van der Waals surface area contributed by atoms with Crippen LogP contribution in [0, 0.1) is 0 Å². The molecular weight excluding hydrogens is 236 g/mol. The molecule has 3 N–H and O–H groups in total. The van der Waals surface area contributed by atoms with Gasteiger partial charge >= 0.3 is 12.0 Å². The van der Waals surface area contributed by atoms with Gasteiger partial charge in [-0.2, -0.15) is 0 Å². The number of imidazole rings is 1. The van der Waals surface area contributed by atoms with Crippen LogP contribution in [-0.2, 0) is 6.54 Å². The van der Waals surface area contributed by atoms with Crippen molar-refractivity contribution in [2.24, 2.45) is 0 Å². The zero-order valence-electron chi connectivity index (χ0n) is 9.93. The van der Waals surface area contributed by atoms with Crippen LogP contribution in [0.15, 0.2) is 12.5 Å². The molecule has 2 rings (SSSR count). The number of nitrogens with zero attached hydrogens (tertiary/aromatic N) is 2. The normalized spacial score (nSPS) is 14.9. The van der Waals surface area contributed by atoms with E-state index < -0.39 is 5.97 Å². The van der Waals surface area contributed by atoms with Gasteiger partial charge in [0.15, 0.2) is 5.69 Å². The molecule has 0 bridgehead atoms. The van der Waals surface area contributed by atoms with Crippen LogP contribution < -0.4 is 10.6 Å². The number of carboxylic acids is 1. The van der Waals surface area contributed by atoms with E-state index in [1.165, 1.54) is 18.9 Å². The lowest BCUT2D eigenvalue weighted by Gasteiger charge is -2.26. The summed E-state index contributed by atoms with van der Waals surface area (Å²) in [5, 5.41) is 14.3. The third kappa shape index (κ3) is 3.22. The van der Waals surface area contributed by atoms with Gasteiger partial charge in [-0.25, -0.2) is 14.6 Å². The number of amides is 2. The summed E-state index contributed by atoms with van der Waals surface area (Å²) in [5.41, 5.74) is 0.00826. The highest BCUT2D eigenvalue weighted by Gasteiger charge is 2.18. The molecule has 1 aromatic heterocycles. The second kappa shape index (κ2) is 5.52. The highest BCUT2D eigenvalue weighted by atomic mass is 16.4. The smallest absolute Gasteiger partial charge is 0.356 e. The minimum absolute atomic E-state index is 0.00826. The molecule has 7 heteroatoms. The van der Waals surface area contributed by atoms with Crippen LogP contribution in [0.25, 0.3) is 0 Å². The van der Waals surface area contributed by atoms with E-state index in [1.54, 1.807) is 4.57 Å². The average molecular weight is 252 g/mol. The Kier molecular flexibility index (Phi) is 3.81. The maximum absolute atomic E-state index is 11.4. The molecule has 1 heterocycles. The molecule has 1 saturated carbocycles. The first-order chi connectivity index (χ1) is 8.65. The number of nitrogens with one attached hydrogen (secondary N) is 2. The lowest BCUT2D eigenvalue weighted by atomic mass is 9.93. The fourth-order valence-electron chi connectivity index (χ4n) is 1.68. The molecule has 0 radical (unpaired) electrons. The number of hydrogen-bond acceptors (Lipinski definition) is 3. The molecule has 1 fully saturated rings. The van der Waals surface area contributed by atoms with E-state index in [0.29, 0.717) is 19.1 Å². The van der Waals surface area contributed by atoms with Crippen molar-refractivity contribution in [2.45, 2.75) is 31.8 Å². The van der Waals surface area contributed by atoms with Gasteiger partial charge in [0.1, 0.15) is 0 Å². The van der Waals surface area contributed by atoms with E-state index >= 15 is 0 Å². The topological polar surface area (TPSA) is 96.2 Å². The number of carbonyl (C=O) groups excluding carboxylic acids is 1. The molecule has 7 nitrogen and oxygen atoms in total. The summed E-state index contributed by atoms with van der Waals surface area (Å²) in [4.78, 5) is 25.7.